The van der Waals surface area contributed by atoms with Gasteiger partial charge in [-0.05, 0) is 50.9 Å². The molecule has 0 amide bonds. The molecule has 0 radical (unpaired) electrons. The lowest BCUT2D eigenvalue weighted by Gasteiger charge is -2.24. The molecule has 1 saturated heterocycles. The first-order chi connectivity index (χ1) is 10.1. The summed E-state index contributed by atoms with van der Waals surface area (Å²) >= 11 is 6.17. The number of furan rings is 1. The minimum atomic E-state index is -0.870. The minimum absolute atomic E-state index is 0.601. The normalized spacial score (nSPS) is 24.3. The Morgan fingerprint density at radius 3 is 2.95 bits per heavy atom. The maximum absolute atomic E-state index is 11.0. The molecule has 1 atom stereocenters. The van der Waals surface area contributed by atoms with E-state index >= 15 is 0 Å². The van der Waals surface area contributed by atoms with Crippen LogP contribution < -0.4 is 0 Å². The highest BCUT2D eigenvalue weighted by atomic mass is 35.5. The van der Waals surface area contributed by atoms with Gasteiger partial charge in [0.2, 0.25) is 0 Å². The third-order valence-corrected chi connectivity index (χ3v) is 4.70. The lowest BCUT2D eigenvalue weighted by atomic mass is 9.92. The van der Waals surface area contributed by atoms with Crippen LogP contribution in [0.3, 0.4) is 0 Å². The highest BCUT2D eigenvalue weighted by Gasteiger charge is 2.35. The summed E-state index contributed by atoms with van der Waals surface area (Å²) in [6, 6.07) is 7.63. The molecule has 0 saturated carbocycles. The van der Waals surface area contributed by atoms with E-state index in [4.69, 9.17) is 16.0 Å². The van der Waals surface area contributed by atoms with E-state index in [1.165, 1.54) is 0 Å². The van der Waals surface area contributed by atoms with Crippen LogP contribution in [-0.2, 0) is 5.60 Å². The Balaban J connectivity index is 1.88. The zero-order valence-corrected chi connectivity index (χ0v) is 13.2. The largest absolute Gasteiger partial charge is 0.456 e. The Morgan fingerprint density at radius 2 is 2.19 bits per heavy atom. The molecule has 1 fully saturated rings. The molecule has 1 aromatic carbocycles. The fourth-order valence-corrected chi connectivity index (χ4v) is 3.44. The monoisotopic (exact) mass is 307 g/mol. The van der Waals surface area contributed by atoms with Gasteiger partial charge in [0, 0.05) is 11.9 Å². The number of hydrogen-bond donors (Lipinski definition) is 1. The molecule has 1 aliphatic rings. The molecule has 2 heterocycles. The number of nitrogens with zero attached hydrogens (tertiary/aromatic N) is 1. The van der Waals surface area contributed by atoms with E-state index in [0.717, 1.165) is 44.3 Å². The summed E-state index contributed by atoms with van der Waals surface area (Å²) in [6.07, 6.45) is 3.59. The molecular formula is C17H22ClNO2. The van der Waals surface area contributed by atoms with Gasteiger partial charge in [-0.15, -0.1) is 0 Å². The average Bonchev–Trinajstić information content (AvgIpc) is 2.83. The molecule has 21 heavy (non-hydrogen) atoms. The van der Waals surface area contributed by atoms with Crippen LogP contribution in [0.4, 0.5) is 0 Å². The number of hydrogen-bond acceptors (Lipinski definition) is 3. The van der Waals surface area contributed by atoms with Gasteiger partial charge in [-0.2, -0.15) is 0 Å². The van der Waals surface area contributed by atoms with Gasteiger partial charge < -0.3 is 14.4 Å². The van der Waals surface area contributed by atoms with Gasteiger partial charge in [0.1, 0.15) is 11.4 Å². The Labute approximate surface area is 130 Å². The number of para-hydroxylation sites is 1. The average molecular weight is 308 g/mol. The third kappa shape index (κ3) is 2.96. The Kier molecular flexibility index (Phi) is 4.25. The molecule has 0 aliphatic carbocycles. The van der Waals surface area contributed by atoms with Crippen molar-refractivity contribution >= 4 is 22.6 Å². The fraction of sp³-hybridized carbons (Fsp3) is 0.529. The van der Waals surface area contributed by atoms with Gasteiger partial charge in [-0.3, -0.25) is 0 Å². The quantitative estimate of drug-likeness (QED) is 0.924. The molecule has 2 aromatic rings. The number of halogens is 1. The maximum Gasteiger partial charge on any atom is 0.153 e. The molecule has 1 aliphatic heterocycles. The van der Waals surface area contributed by atoms with Crippen LogP contribution >= 0.6 is 11.6 Å². The maximum atomic E-state index is 11.0. The molecule has 114 valence electrons. The summed E-state index contributed by atoms with van der Waals surface area (Å²) in [6.45, 7) is 5.26. The van der Waals surface area contributed by atoms with Crippen molar-refractivity contribution in [1.82, 2.24) is 4.90 Å². The summed E-state index contributed by atoms with van der Waals surface area (Å²) in [4.78, 5) is 2.42. The topological polar surface area (TPSA) is 36.6 Å². The highest BCUT2D eigenvalue weighted by Crippen LogP contribution is 2.37. The van der Waals surface area contributed by atoms with E-state index in [0.29, 0.717) is 22.8 Å². The summed E-state index contributed by atoms with van der Waals surface area (Å²) < 4.78 is 5.89. The standard InChI is InChI=1S/C17H22ClNO2/c1-2-9-19-10-4-7-17(20,8-11-19)15-12-13-5-3-6-14(18)16(13)21-15/h3,5-6,12,20H,2,4,7-11H2,1H3. The molecule has 0 bridgehead atoms. The van der Waals surface area contributed by atoms with Crippen LogP contribution in [0, 0.1) is 0 Å². The second-order valence-corrected chi connectivity index (χ2v) is 6.40. The van der Waals surface area contributed by atoms with Crippen LogP contribution in [0.1, 0.15) is 38.4 Å². The number of likely N-dealkylation sites (tertiary alicyclic amines) is 1. The Morgan fingerprint density at radius 1 is 1.33 bits per heavy atom. The van der Waals surface area contributed by atoms with E-state index in [1.54, 1.807) is 0 Å². The minimum Gasteiger partial charge on any atom is -0.456 e. The highest BCUT2D eigenvalue weighted by molar-refractivity contribution is 6.34. The van der Waals surface area contributed by atoms with E-state index < -0.39 is 5.60 Å². The summed E-state index contributed by atoms with van der Waals surface area (Å²) in [5, 5.41) is 12.6. The lowest BCUT2D eigenvalue weighted by Crippen LogP contribution is -2.29. The van der Waals surface area contributed by atoms with Crippen molar-refractivity contribution in [3.8, 4) is 0 Å². The van der Waals surface area contributed by atoms with Crippen molar-refractivity contribution in [2.75, 3.05) is 19.6 Å². The van der Waals surface area contributed by atoms with Gasteiger partial charge in [0.15, 0.2) is 5.58 Å². The second-order valence-electron chi connectivity index (χ2n) is 6.00. The van der Waals surface area contributed by atoms with Crippen molar-refractivity contribution in [3.05, 3.63) is 35.0 Å². The predicted molar refractivity (Wildman–Crippen MR) is 85.7 cm³/mol. The first kappa shape index (κ1) is 14.9. The summed E-state index contributed by atoms with van der Waals surface area (Å²) in [5.74, 6) is 0.656. The Bertz CT molecular complexity index is 624. The fourth-order valence-electron chi connectivity index (χ4n) is 3.22. The number of aliphatic hydroxyl groups is 1. The smallest absolute Gasteiger partial charge is 0.153 e. The summed E-state index contributed by atoms with van der Waals surface area (Å²) in [5.41, 5.74) is -0.192. The first-order valence-electron chi connectivity index (χ1n) is 7.76. The number of fused-ring (bicyclic) bond motifs is 1. The van der Waals surface area contributed by atoms with Crippen molar-refractivity contribution in [1.29, 1.82) is 0 Å². The predicted octanol–water partition coefficient (Wildman–Crippen LogP) is 4.17. The SMILES string of the molecule is CCCN1CCCC(O)(c2cc3cccc(Cl)c3o2)CC1. The van der Waals surface area contributed by atoms with Crippen LogP contribution in [0.25, 0.3) is 11.0 Å². The second kappa shape index (κ2) is 5.99. The summed E-state index contributed by atoms with van der Waals surface area (Å²) in [7, 11) is 0. The van der Waals surface area contributed by atoms with E-state index in [-0.39, 0.29) is 0 Å². The molecule has 0 spiro atoms. The molecule has 1 aromatic heterocycles. The molecular weight excluding hydrogens is 286 g/mol. The van der Waals surface area contributed by atoms with Gasteiger partial charge in [-0.25, -0.2) is 0 Å². The van der Waals surface area contributed by atoms with E-state index in [1.807, 2.05) is 24.3 Å². The van der Waals surface area contributed by atoms with Gasteiger partial charge in [-0.1, -0.05) is 30.7 Å². The van der Waals surface area contributed by atoms with Crippen molar-refractivity contribution < 1.29 is 9.52 Å². The zero-order valence-electron chi connectivity index (χ0n) is 12.4. The third-order valence-electron chi connectivity index (χ3n) is 4.40. The van der Waals surface area contributed by atoms with Crippen LogP contribution in [0.2, 0.25) is 5.02 Å². The molecule has 1 N–H and O–H groups in total. The molecule has 3 rings (SSSR count). The van der Waals surface area contributed by atoms with Crippen molar-refractivity contribution in [2.45, 2.75) is 38.2 Å². The number of benzene rings is 1. The van der Waals surface area contributed by atoms with Crippen LogP contribution in [-0.4, -0.2) is 29.6 Å². The number of rotatable bonds is 3. The van der Waals surface area contributed by atoms with E-state index in [9.17, 15) is 5.11 Å². The Hall–Kier alpha value is -1.03. The van der Waals surface area contributed by atoms with Gasteiger partial charge in [0.25, 0.3) is 0 Å². The first-order valence-corrected chi connectivity index (χ1v) is 8.13. The van der Waals surface area contributed by atoms with Gasteiger partial charge >= 0.3 is 0 Å². The van der Waals surface area contributed by atoms with Crippen molar-refractivity contribution in [2.24, 2.45) is 0 Å². The van der Waals surface area contributed by atoms with Gasteiger partial charge in [0.05, 0.1) is 5.02 Å². The van der Waals surface area contributed by atoms with Crippen molar-refractivity contribution in [3.63, 3.8) is 0 Å². The molecule has 4 heteroatoms. The van der Waals surface area contributed by atoms with E-state index in [2.05, 4.69) is 11.8 Å². The molecule has 1 unspecified atom stereocenters. The zero-order chi connectivity index (χ0) is 14.9. The molecule has 3 nitrogen and oxygen atoms in total. The van der Waals surface area contributed by atoms with Crippen LogP contribution in [0.15, 0.2) is 28.7 Å². The lowest BCUT2D eigenvalue weighted by molar-refractivity contribution is 0.00180. The van der Waals surface area contributed by atoms with Crippen LogP contribution in [0.5, 0.6) is 0 Å².